The molecule has 0 aliphatic rings. The minimum Gasteiger partial charge on any atom is -0.230 e. The van der Waals surface area contributed by atoms with E-state index in [4.69, 9.17) is 9.59 Å². The molecule has 0 heterocycles. The Hall–Kier alpha value is -1.24. The van der Waals surface area contributed by atoms with Crippen LogP contribution in [0.1, 0.15) is 0 Å². The van der Waals surface area contributed by atoms with Crippen molar-refractivity contribution in [3.63, 3.8) is 0 Å². The lowest BCUT2D eigenvalue weighted by atomic mass is 10.5. The molecule has 4 heteroatoms. The van der Waals surface area contributed by atoms with Crippen molar-refractivity contribution in [3.05, 3.63) is 11.7 Å². The lowest BCUT2D eigenvalue weighted by molar-refractivity contribution is 0.514. The van der Waals surface area contributed by atoms with Crippen molar-refractivity contribution in [1.82, 2.24) is 0 Å². The summed E-state index contributed by atoms with van der Waals surface area (Å²) >= 11 is 0. The fraction of sp³-hybridized carbons (Fsp3) is 0. The third-order valence-electron chi connectivity index (χ3n) is 0.372. The predicted molar refractivity (Wildman–Crippen MR) is 20.6 cm³/mol. The average molecular weight is 118 g/mol. The molecule has 0 amide bonds. The molecule has 0 atom stereocenters. The second-order valence-corrected chi connectivity index (χ2v) is 0.832. The maximum Gasteiger partial charge on any atom is 0.253 e. The van der Waals surface area contributed by atoms with Gasteiger partial charge in [0.1, 0.15) is 0 Å². The molecule has 0 bridgehead atoms. The van der Waals surface area contributed by atoms with Gasteiger partial charge in [-0.1, -0.05) is 0 Å². The van der Waals surface area contributed by atoms with Crippen LogP contribution in [0.4, 0.5) is 8.78 Å². The number of rotatable bonds is 1. The molecule has 0 radical (unpaired) electrons. The molecule has 0 saturated heterocycles. The Kier molecular flexibility index (Phi) is 2.41. The topological polar surface area (TPSA) is 34.1 Å². The molecule has 0 unspecified atom stereocenters. The molecule has 42 valence electrons. The predicted octanol–water partition coefficient (Wildman–Crippen LogP) is 0.356. The third-order valence-corrected chi connectivity index (χ3v) is 0.372. The zero-order chi connectivity index (χ0) is 6.57. The second kappa shape index (κ2) is 2.86. The SMILES string of the molecule is O=C=C(F)C(F)=C=O. The van der Waals surface area contributed by atoms with Gasteiger partial charge in [-0.15, -0.1) is 0 Å². The van der Waals surface area contributed by atoms with Crippen molar-refractivity contribution >= 4 is 11.9 Å². The van der Waals surface area contributed by atoms with Gasteiger partial charge in [0.25, 0.3) is 11.7 Å². The van der Waals surface area contributed by atoms with Crippen LogP contribution in [-0.2, 0) is 9.59 Å². The molecule has 2 nitrogen and oxygen atoms in total. The monoisotopic (exact) mass is 118 g/mol. The van der Waals surface area contributed by atoms with E-state index in [2.05, 4.69) is 0 Å². The minimum atomic E-state index is -1.85. The molecule has 0 rings (SSSR count). The summed E-state index contributed by atoms with van der Waals surface area (Å²) in [6, 6.07) is 0. The zero-order valence-electron chi connectivity index (χ0n) is 3.57. The van der Waals surface area contributed by atoms with Crippen molar-refractivity contribution in [1.29, 1.82) is 0 Å². The minimum absolute atomic E-state index is 0.541. The summed E-state index contributed by atoms with van der Waals surface area (Å²) in [7, 11) is 0. The highest BCUT2D eigenvalue weighted by atomic mass is 19.2. The maximum absolute atomic E-state index is 11.3. The van der Waals surface area contributed by atoms with Crippen molar-refractivity contribution in [2.75, 3.05) is 0 Å². The van der Waals surface area contributed by atoms with E-state index in [-0.39, 0.29) is 0 Å². The highest BCUT2D eigenvalue weighted by Gasteiger charge is 2.02. The maximum atomic E-state index is 11.3. The molecule has 0 aromatic rings. The van der Waals surface area contributed by atoms with Crippen LogP contribution < -0.4 is 0 Å². The standard InChI is InChI=1S/C4F2O2/c5-3(1-7)4(6)2-8. The lowest BCUT2D eigenvalue weighted by Gasteiger charge is -1.72. The van der Waals surface area contributed by atoms with E-state index in [0.29, 0.717) is 11.9 Å². The van der Waals surface area contributed by atoms with E-state index in [1.807, 2.05) is 0 Å². The quantitative estimate of drug-likeness (QED) is 0.368. The van der Waals surface area contributed by atoms with Crippen LogP contribution in [0.25, 0.3) is 0 Å². The Bertz CT molecular complexity index is 162. The molecule has 0 aliphatic heterocycles. The Morgan fingerprint density at radius 2 is 1.25 bits per heavy atom. The van der Waals surface area contributed by atoms with Gasteiger partial charge in [-0.05, 0) is 0 Å². The molecule has 0 spiro atoms. The van der Waals surface area contributed by atoms with Gasteiger partial charge in [0.15, 0.2) is 11.9 Å². The molecule has 0 fully saturated rings. The van der Waals surface area contributed by atoms with Gasteiger partial charge >= 0.3 is 0 Å². The molecule has 0 aromatic heterocycles. The van der Waals surface area contributed by atoms with E-state index in [1.165, 1.54) is 0 Å². The fourth-order valence-corrected chi connectivity index (χ4v) is 0.0896. The van der Waals surface area contributed by atoms with Gasteiger partial charge in [-0.25, -0.2) is 9.59 Å². The van der Waals surface area contributed by atoms with Crippen molar-refractivity contribution < 1.29 is 18.4 Å². The summed E-state index contributed by atoms with van der Waals surface area (Å²) in [5, 5.41) is 0. The van der Waals surface area contributed by atoms with Crippen molar-refractivity contribution in [2.45, 2.75) is 0 Å². The summed E-state index contributed by atoms with van der Waals surface area (Å²) in [5.74, 6) is -2.61. The summed E-state index contributed by atoms with van der Waals surface area (Å²) in [6.07, 6.45) is 0. The number of hydrogen-bond donors (Lipinski definition) is 0. The van der Waals surface area contributed by atoms with Gasteiger partial charge in [-0.3, -0.25) is 0 Å². The van der Waals surface area contributed by atoms with Crippen LogP contribution in [0, 0.1) is 0 Å². The van der Waals surface area contributed by atoms with Crippen LogP contribution >= 0.6 is 0 Å². The normalized spacial score (nSPS) is 6.75. The Morgan fingerprint density at radius 1 is 1.00 bits per heavy atom. The highest BCUT2D eigenvalue weighted by Crippen LogP contribution is 2.02. The first-order valence-electron chi connectivity index (χ1n) is 1.54. The van der Waals surface area contributed by atoms with Crippen LogP contribution in [0.3, 0.4) is 0 Å². The summed E-state index contributed by atoms with van der Waals surface area (Å²) < 4.78 is 22.7. The van der Waals surface area contributed by atoms with Crippen LogP contribution in [0.15, 0.2) is 11.7 Å². The first kappa shape index (κ1) is 6.76. The first-order valence-corrected chi connectivity index (χ1v) is 1.54. The summed E-state index contributed by atoms with van der Waals surface area (Å²) in [5.41, 5.74) is 0. The molecule has 0 aromatic carbocycles. The van der Waals surface area contributed by atoms with Gasteiger partial charge in [0.2, 0.25) is 0 Å². The summed E-state index contributed by atoms with van der Waals surface area (Å²) in [4.78, 5) is 18.3. The third kappa shape index (κ3) is 1.47. The molecular weight excluding hydrogens is 118 g/mol. The molecule has 0 aliphatic carbocycles. The smallest absolute Gasteiger partial charge is 0.230 e. The Balaban J connectivity index is 4.52. The van der Waals surface area contributed by atoms with Gasteiger partial charge in [0, 0.05) is 0 Å². The van der Waals surface area contributed by atoms with Crippen molar-refractivity contribution in [3.8, 4) is 0 Å². The summed E-state index contributed by atoms with van der Waals surface area (Å²) in [6.45, 7) is 0. The zero-order valence-corrected chi connectivity index (χ0v) is 3.57. The second-order valence-electron chi connectivity index (χ2n) is 0.832. The Morgan fingerprint density at radius 3 is 1.38 bits per heavy atom. The average Bonchev–Trinajstić information content (AvgIpc) is 1.84. The number of carbonyl (C=O) groups excluding carboxylic acids is 2. The molecule has 0 N–H and O–H groups in total. The highest BCUT2D eigenvalue weighted by molar-refractivity contribution is 5.65. The largest absolute Gasteiger partial charge is 0.253 e. The van der Waals surface area contributed by atoms with E-state index < -0.39 is 11.7 Å². The Labute approximate surface area is 43.1 Å². The van der Waals surface area contributed by atoms with Gasteiger partial charge < -0.3 is 0 Å². The van der Waals surface area contributed by atoms with E-state index in [9.17, 15) is 8.78 Å². The molecule has 0 saturated carbocycles. The lowest BCUT2D eigenvalue weighted by Crippen LogP contribution is -1.74. The van der Waals surface area contributed by atoms with E-state index in [1.54, 1.807) is 0 Å². The van der Waals surface area contributed by atoms with Gasteiger partial charge in [0.05, 0.1) is 0 Å². The van der Waals surface area contributed by atoms with Crippen LogP contribution in [0.5, 0.6) is 0 Å². The number of hydrogen-bond acceptors (Lipinski definition) is 2. The van der Waals surface area contributed by atoms with Crippen LogP contribution in [0.2, 0.25) is 0 Å². The number of allylic oxidation sites excluding steroid dienone is 2. The first-order chi connectivity index (χ1) is 3.72. The molecular formula is C4F2O2. The van der Waals surface area contributed by atoms with E-state index in [0.717, 1.165) is 0 Å². The van der Waals surface area contributed by atoms with Crippen LogP contribution in [-0.4, -0.2) is 11.9 Å². The molecule has 8 heavy (non-hydrogen) atoms. The fourth-order valence-electron chi connectivity index (χ4n) is 0.0896. The van der Waals surface area contributed by atoms with Crippen molar-refractivity contribution in [2.24, 2.45) is 0 Å². The number of halogens is 2. The van der Waals surface area contributed by atoms with E-state index >= 15 is 0 Å². The van der Waals surface area contributed by atoms with Gasteiger partial charge in [-0.2, -0.15) is 8.78 Å².